The molecule has 9 nitrogen and oxygen atoms in total. The van der Waals surface area contributed by atoms with Gasteiger partial charge in [-0.3, -0.25) is 14.4 Å². The standard InChI is InChI=1S/C19H26ClNO8/c1-11(26-13(3)23)18(10-25-12(2)22)29-19(17(9-21)27-14(4)24)28-16-7-5-15(20)6-8-16/h5-8,11,17-19H,9-10,21H2,1-4H3/t11-,17+,18?,19?/m1/s1. The monoisotopic (exact) mass is 431 g/mol. The third-order valence-electron chi connectivity index (χ3n) is 3.55. The molecule has 1 aromatic rings. The van der Waals surface area contributed by atoms with Crippen molar-refractivity contribution in [3.8, 4) is 5.75 Å². The zero-order valence-corrected chi connectivity index (χ0v) is 17.5. The quantitative estimate of drug-likeness (QED) is 0.317. The Kier molecular flexibility index (Phi) is 10.4. The highest BCUT2D eigenvalue weighted by Crippen LogP contribution is 2.21. The van der Waals surface area contributed by atoms with Crippen molar-refractivity contribution in [3.05, 3.63) is 29.3 Å². The van der Waals surface area contributed by atoms with Gasteiger partial charge in [-0.15, -0.1) is 0 Å². The van der Waals surface area contributed by atoms with Crippen molar-refractivity contribution in [2.45, 2.75) is 52.3 Å². The highest BCUT2D eigenvalue weighted by atomic mass is 35.5. The van der Waals surface area contributed by atoms with Gasteiger partial charge in [-0.25, -0.2) is 0 Å². The molecule has 162 valence electrons. The predicted molar refractivity (Wildman–Crippen MR) is 103 cm³/mol. The minimum absolute atomic E-state index is 0.111. The van der Waals surface area contributed by atoms with Gasteiger partial charge in [0.25, 0.3) is 0 Å². The van der Waals surface area contributed by atoms with E-state index in [1.165, 1.54) is 20.8 Å². The highest BCUT2D eigenvalue weighted by molar-refractivity contribution is 6.30. The number of carbonyl (C=O) groups is 3. The summed E-state index contributed by atoms with van der Waals surface area (Å²) in [5, 5.41) is 0.501. The van der Waals surface area contributed by atoms with Crippen LogP contribution in [0, 0.1) is 0 Å². The minimum Gasteiger partial charge on any atom is -0.463 e. The van der Waals surface area contributed by atoms with E-state index >= 15 is 0 Å². The molecule has 2 unspecified atom stereocenters. The molecule has 0 spiro atoms. The second-order valence-electron chi connectivity index (χ2n) is 6.12. The Morgan fingerprint density at radius 2 is 1.55 bits per heavy atom. The lowest BCUT2D eigenvalue weighted by molar-refractivity contribution is -0.216. The predicted octanol–water partition coefficient (Wildman–Crippen LogP) is 1.84. The van der Waals surface area contributed by atoms with Crippen molar-refractivity contribution in [1.29, 1.82) is 0 Å². The maximum atomic E-state index is 11.4. The molecule has 2 N–H and O–H groups in total. The van der Waals surface area contributed by atoms with Gasteiger partial charge in [-0.1, -0.05) is 11.6 Å². The Labute approximate surface area is 174 Å². The van der Waals surface area contributed by atoms with Crippen LogP contribution in [0.5, 0.6) is 5.75 Å². The van der Waals surface area contributed by atoms with Gasteiger partial charge >= 0.3 is 17.9 Å². The summed E-state index contributed by atoms with van der Waals surface area (Å²) in [5.74, 6) is -1.30. The van der Waals surface area contributed by atoms with Crippen molar-refractivity contribution in [1.82, 2.24) is 0 Å². The van der Waals surface area contributed by atoms with E-state index in [1.54, 1.807) is 31.2 Å². The maximum Gasteiger partial charge on any atom is 0.303 e. The summed E-state index contributed by atoms with van der Waals surface area (Å²) >= 11 is 5.88. The first-order valence-corrected chi connectivity index (χ1v) is 9.25. The molecule has 0 saturated heterocycles. The summed E-state index contributed by atoms with van der Waals surface area (Å²) in [6.07, 6.45) is -3.86. The van der Waals surface area contributed by atoms with Crippen LogP contribution < -0.4 is 10.5 Å². The third-order valence-corrected chi connectivity index (χ3v) is 3.81. The number of hydrogen-bond acceptors (Lipinski definition) is 9. The van der Waals surface area contributed by atoms with Crippen molar-refractivity contribution in [2.24, 2.45) is 5.73 Å². The Morgan fingerprint density at radius 1 is 0.966 bits per heavy atom. The molecular weight excluding hydrogens is 406 g/mol. The first-order valence-electron chi connectivity index (χ1n) is 8.88. The lowest BCUT2D eigenvalue weighted by Gasteiger charge is -2.32. The Morgan fingerprint density at radius 3 is 2.03 bits per heavy atom. The van der Waals surface area contributed by atoms with Gasteiger partial charge in [0, 0.05) is 32.3 Å². The molecule has 0 radical (unpaired) electrons. The van der Waals surface area contributed by atoms with Gasteiger partial charge in [-0.05, 0) is 31.2 Å². The Hall–Kier alpha value is -2.36. The van der Waals surface area contributed by atoms with E-state index < -0.39 is 42.5 Å². The molecule has 29 heavy (non-hydrogen) atoms. The van der Waals surface area contributed by atoms with Crippen LogP contribution in [0.15, 0.2) is 24.3 Å². The molecule has 0 amide bonds. The molecule has 10 heteroatoms. The van der Waals surface area contributed by atoms with Crippen LogP contribution in [0.4, 0.5) is 0 Å². The number of nitrogens with two attached hydrogens (primary N) is 1. The van der Waals surface area contributed by atoms with Crippen LogP contribution in [-0.4, -0.2) is 55.7 Å². The molecule has 0 saturated carbocycles. The third kappa shape index (κ3) is 9.60. The maximum absolute atomic E-state index is 11.4. The van der Waals surface area contributed by atoms with Crippen LogP contribution in [0.2, 0.25) is 5.02 Å². The molecule has 0 aliphatic carbocycles. The summed E-state index contributed by atoms with van der Waals surface area (Å²) in [5.41, 5.74) is 5.73. The fourth-order valence-corrected chi connectivity index (χ4v) is 2.39. The molecular formula is C19H26ClNO8. The average molecular weight is 432 g/mol. The highest BCUT2D eigenvalue weighted by Gasteiger charge is 2.33. The first-order chi connectivity index (χ1) is 13.6. The van der Waals surface area contributed by atoms with Crippen LogP contribution in [-0.2, 0) is 33.3 Å². The SMILES string of the molecule is CC(=O)OCC(OC(Oc1ccc(Cl)cc1)[C@H](CN)OC(C)=O)[C@@H](C)OC(C)=O. The Balaban J connectivity index is 3.09. The van der Waals surface area contributed by atoms with E-state index in [1.807, 2.05) is 0 Å². The molecule has 4 atom stereocenters. The van der Waals surface area contributed by atoms with Crippen molar-refractivity contribution in [3.63, 3.8) is 0 Å². The van der Waals surface area contributed by atoms with E-state index in [9.17, 15) is 14.4 Å². The average Bonchev–Trinajstić information content (AvgIpc) is 2.62. The minimum atomic E-state index is -1.18. The number of rotatable bonds is 11. The van der Waals surface area contributed by atoms with Gasteiger partial charge in [0.2, 0.25) is 6.29 Å². The molecule has 0 aromatic heterocycles. The van der Waals surface area contributed by atoms with Gasteiger partial charge < -0.3 is 29.4 Å². The summed E-state index contributed by atoms with van der Waals surface area (Å²) in [6, 6.07) is 6.40. The summed E-state index contributed by atoms with van der Waals surface area (Å²) < 4.78 is 27.0. The normalized spacial score (nSPS) is 14.8. The van der Waals surface area contributed by atoms with Crippen LogP contribution in [0.1, 0.15) is 27.7 Å². The van der Waals surface area contributed by atoms with E-state index in [4.69, 9.17) is 41.0 Å². The van der Waals surface area contributed by atoms with E-state index in [0.29, 0.717) is 10.8 Å². The first kappa shape index (κ1) is 24.7. The number of benzene rings is 1. The smallest absolute Gasteiger partial charge is 0.303 e. The fraction of sp³-hybridized carbons (Fsp3) is 0.526. The van der Waals surface area contributed by atoms with Crippen LogP contribution >= 0.6 is 11.6 Å². The zero-order chi connectivity index (χ0) is 22.0. The van der Waals surface area contributed by atoms with Crippen LogP contribution in [0.25, 0.3) is 0 Å². The lowest BCUT2D eigenvalue weighted by atomic mass is 10.2. The lowest BCUT2D eigenvalue weighted by Crippen LogP contribution is -2.48. The number of carbonyl (C=O) groups excluding carboxylic acids is 3. The number of halogens is 1. The second-order valence-corrected chi connectivity index (χ2v) is 6.55. The van der Waals surface area contributed by atoms with Crippen LogP contribution in [0.3, 0.4) is 0 Å². The van der Waals surface area contributed by atoms with Gasteiger partial charge in [0.15, 0.2) is 6.10 Å². The Bertz CT molecular complexity index is 681. The van der Waals surface area contributed by atoms with Crippen molar-refractivity contribution >= 4 is 29.5 Å². The molecule has 0 fully saturated rings. The number of esters is 3. The van der Waals surface area contributed by atoms with E-state index in [-0.39, 0.29) is 13.2 Å². The van der Waals surface area contributed by atoms with E-state index in [0.717, 1.165) is 0 Å². The van der Waals surface area contributed by atoms with Gasteiger partial charge in [0.1, 0.15) is 24.6 Å². The largest absolute Gasteiger partial charge is 0.463 e. The van der Waals surface area contributed by atoms with Gasteiger partial charge in [-0.2, -0.15) is 0 Å². The summed E-state index contributed by atoms with van der Waals surface area (Å²) in [4.78, 5) is 34.0. The number of hydrogen-bond donors (Lipinski definition) is 1. The topological polar surface area (TPSA) is 123 Å². The summed E-state index contributed by atoms with van der Waals surface area (Å²) in [6.45, 7) is 4.93. The molecule has 1 aromatic carbocycles. The second kappa shape index (κ2) is 12.3. The number of ether oxygens (including phenoxy) is 5. The van der Waals surface area contributed by atoms with Crippen molar-refractivity contribution < 1.29 is 38.1 Å². The fourth-order valence-electron chi connectivity index (χ4n) is 2.26. The zero-order valence-electron chi connectivity index (χ0n) is 16.8. The van der Waals surface area contributed by atoms with E-state index in [2.05, 4.69) is 0 Å². The molecule has 0 bridgehead atoms. The summed E-state index contributed by atoms with van der Waals surface area (Å²) in [7, 11) is 0. The van der Waals surface area contributed by atoms with Crippen molar-refractivity contribution in [2.75, 3.05) is 13.2 Å². The molecule has 0 heterocycles. The molecule has 0 aliphatic rings. The molecule has 0 aliphatic heterocycles. The molecule has 1 rings (SSSR count). The van der Waals surface area contributed by atoms with Gasteiger partial charge in [0.05, 0.1) is 0 Å².